The molecule has 2 amide bonds. The summed E-state index contributed by atoms with van der Waals surface area (Å²) in [6.45, 7) is 0. The lowest BCUT2D eigenvalue weighted by Crippen LogP contribution is -2.46. The van der Waals surface area contributed by atoms with Crippen LogP contribution in [0.3, 0.4) is 0 Å². The Morgan fingerprint density at radius 2 is 2.22 bits per heavy atom. The first-order valence-corrected chi connectivity index (χ1v) is 6.40. The lowest BCUT2D eigenvalue weighted by molar-refractivity contribution is 0.0955. The molecule has 1 aromatic heterocycles. The Hall–Kier alpha value is -1.33. The third-order valence-electron chi connectivity index (χ3n) is 3.05. The predicted molar refractivity (Wildman–Crippen MR) is 69.7 cm³/mol. The molecule has 1 fully saturated rings. The summed E-state index contributed by atoms with van der Waals surface area (Å²) in [5, 5.41) is 15.4. The van der Waals surface area contributed by atoms with Gasteiger partial charge in [0.25, 0.3) is 0 Å². The van der Waals surface area contributed by atoms with Gasteiger partial charge in [-0.25, -0.2) is 9.78 Å². The van der Waals surface area contributed by atoms with Crippen molar-refractivity contribution in [2.75, 3.05) is 5.32 Å². The van der Waals surface area contributed by atoms with E-state index in [2.05, 4.69) is 15.6 Å². The molecule has 98 valence electrons. The van der Waals surface area contributed by atoms with Gasteiger partial charge in [-0.3, -0.25) is 0 Å². The fraction of sp³-hybridized carbons (Fsp3) is 0.500. The monoisotopic (exact) mass is 269 g/mol. The average Bonchev–Trinajstić information content (AvgIpc) is 2.35. The molecular formula is C12H16ClN3O2. The SMILES string of the molecule is O=C(Nc1cccnc1Cl)N[C@H]1CCCC[C@@H]1O. The van der Waals surface area contributed by atoms with Crippen LogP contribution >= 0.6 is 11.6 Å². The number of anilines is 1. The summed E-state index contributed by atoms with van der Waals surface area (Å²) in [4.78, 5) is 15.6. The maximum Gasteiger partial charge on any atom is 0.319 e. The average molecular weight is 270 g/mol. The quantitative estimate of drug-likeness (QED) is 0.720. The first-order chi connectivity index (χ1) is 8.66. The number of halogens is 1. The molecule has 5 nitrogen and oxygen atoms in total. The van der Waals surface area contributed by atoms with Gasteiger partial charge in [-0.05, 0) is 25.0 Å². The summed E-state index contributed by atoms with van der Waals surface area (Å²) in [5.74, 6) is 0. The largest absolute Gasteiger partial charge is 0.391 e. The van der Waals surface area contributed by atoms with Crippen molar-refractivity contribution in [3.8, 4) is 0 Å². The number of aliphatic hydroxyl groups excluding tert-OH is 1. The van der Waals surface area contributed by atoms with Crippen LogP contribution in [0.15, 0.2) is 18.3 Å². The lowest BCUT2D eigenvalue weighted by Gasteiger charge is -2.28. The Kier molecular flexibility index (Phi) is 4.38. The lowest BCUT2D eigenvalue weighted by atomic mass is 9.93. The number of pyridine rings is 1. The maximum atomic E-state index is 11.8. The van der Waals surface area contributed by atoms with E-state index in [1.54, 1.807) is 18.3 Å². The molecule has 1 aromatic rings. The molecule has 1 aliphatic rings. The second-order valence-corrected chi connectivity index (χ2v) is 4.76. The third kappa shape index (κ3) is 3.34. The van der Waals surface area contributed by atoms with Gasteiger partial charge >= 0.3 is 6.03 Å². The van der Waals surface area contributed by atoms with Gasteiger partial charge in [-0.2, -0.15) is 0 Å². The molecule has 0 unspecified atom stereocenters. The second-order valence-electron chi connectivity index (χ2n) is 4.40. The normalized spacial score (nSPS) is 23.4. The van der Waals surface area contributed by atoms with Crippen LogP contribution in [0.25, 0.3) is 0 Å². The highest BCUT2D eigenvalue weighted by molar-refractivity contribution is 6.32. The molecule has 1 aliphatic carbocycles. The minimum atomic E-state index is -0.464. The number of nitrogens with one attached hydrogen (secondary N) is 2. The van der Waals surface area contributed by atoms with Crippen molar-refractivity contribution in [1.29, 1.82) is 0 Å². The van der Waals surface area contributed by atoms with Gasteiger partial charge < -0.3 is 15.7 Å². The van der Waals surface area contributed by atoms with Crippen LogP contribution in [0.1, 0.15) is 25.7 Å². The Bertz CT molecular complexity index is 428. The highest BCUT2D eigenvalue weighted by Gasteiger charge is 2.24. The number of hydrogen-bond acceptors (Lipinski definition) is 3. The highest BCUT2D eigenvalue weighted by Crippen LogP contribution is 2.20. The van der Waals surface area contributed by atoms with Crippen molar-refractivity contribution >= 4 is 23.3 Å². The second kappa shape index (κ2) is 6.02. The number of hydrogen-bond donors (Lipinski definition) is 3. The van der Waals surface area contributed by atoms with E-state index in [4.69, 9.17) is 11.6 Å². The van der Waals surface area contributed by atoms with Gasteiger partial charge in [0.2, 0.25) is 0 Å². The van der Waals surface area contributed by atoms with E-state index >= 15 is 0 Å². The van der Waals surface area contributed by atoms with E-state index in [0.29, 0.717) is 5.69 Å². The molecule has 18 heavy (non-hydrogen) atoms. The van der Waals surface area contributed by atoms with Crippen LogP contribution in [0.5, 0.6) is 0 Å². The molecule has 3 N–H and O–H groups in total. The zero-order valence-corrected chi connectivity index (χ0v) is 10.7. The molecule has 0 aliphatic heterocycles. The number of rotatable bonds is 2. The van der Waals surface area contributed by atoms with Gasteiger partial charge in [0.15, 0.2) is 5.15 Å². The molecule has 2 rings (SSSR count). The minimum absolute atomic E-state index is 0.186. The molecule has 0 aromatic carbocycles. The maximum absolute atomic E-state index is 11.8. The molecular weight excluding hydrogens is 254 g/mol. The number of amides is 2. The van der Waals surface area contributed by atoms with Crippen LogP contribution in [0, 0.1) is 0 Å². The predicted octanol–water partition coefficient (Wildman–Crippen LogP) is 2.16. The first kappa shape index (κ1) is 13.1. The Morgan fingerprint density at radius 1 is 1.44 bits per heavy atom. The van der Waals surface area contributed by atoms with Crippen molar-refractivity contribution in [2.24, 2.45) is 0 Å². The molecule has 0 saturated heterocycles. The Labute approximate surface area is 111 Å². The fourth-order valence-electron chi connectivity index (χ4n) is 2.09. The summed E-state index contributed by atoms with van der Waals surface area (Å²) in [5.41, 5.74) is 0.460. The van der Waals surface area contributed by atoms with E-state index < -0.39 is 6.10 Å². The summed E-state index contributed by atoms with van der Waals surface area (Å²) in [6, 6.07) is 2.81. The van der Waals surface area contributed by atoms with E-state index in [9.17, 15) is 9.90 Å². The van der Waals surface area contributed by atoms with Crippen molar-refractivity contribution in [2.45, 2.75) is 37.8 Å². The van der Waals surface area contributed by atoms with E-state index in [0.717, 1.165) is 25.7 Å². The summed E-state index contributed by atoms with van der Waals surface area (Å²) in [7, 11) is 0. The zero-order chi connectivity index (χ0) is 13.0. The van der Waals surface area contributed by atoms with Crippen molar-refractivity contribution in [3.05, 3.63) is 23.5 Å². The molecule has 0 spiro atoms. The molecule has 2 atom stereocenters. The summed E-state index contributed by atoms with van der Waals surface area (Å²) in [6.07, 6.45) is 4.66. The number of aliphatic hydroxyl groups is 1. The number of urea groups is 1. The fourth-order valence-corrected chi connectivity index (χ4v) is 2.25. The minimum Gasteiger partial charge on any atom is -0.391 e. The smallest absolute Gasteiger partial charge is 0.319 e. The first-order valence-electron chi connectivity index (χ1n) is 6.03. The van der Waals surface area contributed by atoms with Crippen LogP contribution in [-0.2, 0) is 0 Å². The van der Waals surface area contributed by atoms with E-state index in [1.165, 1.54) is 0 Å². The van der Waals surface area contributed by atoms with Gasteiger partial charge in [0.05, 0.1) is 17.8 Å². The molecule has 1 heterocycles. The van der Waals surface area contributed by atoms with Crippen LogP contribution < -0.4 is 10.6 Å². The van der Waals surface area contributed by atoms with E-state index in [-0.39, 0.29) is 17.2 Å². The van der Waals surface area contributed by atoms with Crippen molar-refractivity contribution in [1.82, 2.24) is 10.3 Å². The van der Waals surface area contributed by atoms with Gasteiger partial charge in [0.1, 0.15) is 0 Å². The topological polar surface area (TPSA) is 74.2 Å². The zero-order valence-electron chi connectivity index (χ0n) is 9.90. The molecule has 6 heteroatoms. The standard InChI is InChI=1S/C12H16ClN3O2/c13-11-9(5-3-7-14-11)16-12(18)15-8-4-1-2-6-10(8)17/h3,5,7-8,10,17H,1-2,4,6H2,(H2,15,16,18)/t8-,10-/m0/s1. The highest BCUT2D eigenvalue weighted by atomic mass is 35.5. The van der Waals surface area contributed by atoms with Crippen molar-refractivity contribution in [3.63, 3.8) is 0 Å². The summed E-state index contributed by atoms with van der Waals surface area (Å²) < 4.78 is 0. The number of carbonyl (C=O) groups excluding carboxylic acids is 1. The van der Waals surface area contributed by atoms with Crippen LogP contribution in [0.4, 0.5) is 10.5 Å². The molecule has 0 bridgehead atoms. The number of nitrogens with zero attached hydrogens (tertiary/aromatic N) is 1. The van der Waals surface area contributed by atoms with Crippen molar-refractivity contribution < 1.29 is 9.90 Å². The molecule has 0 radical (unpaired) electrons. The number of aromatic nitrogens is 1. The van der Waals surface area contributed by atoms with Crippen LogP contribution in [0.2, 0.25) is 5.15 Å². The van der Waals surface area contributed by atoms with Gasteiger partial charge in [-0.1, -0.05) is 24.4 Å². The molecule has 1 saturated carbocycles. The summed E-state index contributed by atoms with van der Waals surface area (Å²) >= 11 is 5.84. The van der Waals surface area contributed by atoms with Gasteiger partial charge in [0, 0.05) is 6.20 Å². The third-order valence-corrected chi connectivity index (χ3v) is 3.35. The van der Waals surface area contributed by atoms with Crippen LogP contribution in [-0.4, -0.2) is 28.3 Å². The Balaban J connectivity index is 1.90. The Morgan fingerprint density at radius 3 is 2.94 bits per heavy atom. The number of carbonyl (C=O) groups is 1. The van der Waals surface area contributed by atoms with Gasteiger partial charge in [-0.15, -0.1) is 0 Å². The van der Waals surface area contributed by atoms with E-state index in [1.807, 2.05) is 0 Å².